The molecule has 1 nitrogen and oxygen atoms in total. The van der Waals surface area contributed by atoms with E-state index in [9.17, 15) is 13.2 Å². The van der Waals surface area contributed by atoms with E-state index in [-0.39, 0.29) is 23.7 Å². The standard InChI is InChI=1S/C23H25F3O/c1-2-3-15-8-9-16-18-12-17(14-6-4-13(5-7-14)10-11-27)22(25)23(26)20(18)19(16)21(15)24/h8-9,12-14,27H,2-7,10-11H2,1H3. The quantitative estimate of drug-likeness (QED) is 0.551. The van der Waals surface area contributed by atoms with E-state index in [1.807, 2.05) is 13.0 Å². The van der Waals surface area contributed by atoms with E-state index < -0.39 is 17.5 Å². The van der Waals surface area contributed by atoms with Crippen LogP contribution in [0.2, 0.25) is 0 Å². The van der Waals surface area contributed by atoms with Crippen molar-refractivity contribution in [1.82, 2.24) is 0 Å². The van der Waals surface area contributed by atoms with E-state index in [1.54, 1.807) is 12.1 Å². The van der Waals surface area contributed by atoms with Gasteiger partial charge in [0.2, 0.25) is 0 Å². The van der Waals surface area contributed by atoms with Crippen molar-refractivity contribution in [3.63, 3.8) is 0 Å². The van der Waals surface area contributed by atoms with Gasteiger partial charge in [0.25, 0.3) is 0 Å². The van der Waals surface area contributed by atoms with Crippen LogP contribution in [0.1, 0.15) is 62.5 Å². The van der Waals surface area contributed by atoms with Gasteiger partial charge in [-0.1, -0.05) is 25.5 Å². The number of benzene rings is 2. The Morgan fingerprint density at radius 3 is 2.30 bits per heavy atom. The third kappa shape index (κ3) is 2.98. The second-order valence-corrected chi connectivity index (χ2v) is 7.96. The number of hydrogen-bond acceptors (Lipinski definition) is 1. The van der Waals surface area contributed by atoms with Crippen LogP contribution in [0.25, 0.3) is 22.3 Å². The number of aliphatic hydroxyl groups excluding tert-OH is 1. The van der Waals surface area contributed by atoms with Crippen LogP contribution in [0.15, 0.2) is 18.2 Å². The summed E-state index contributed by atoms with van der Waals surface area (Å²) in [5.41, 5.74) is 2.67. The van der Waals surface area contributed by atoms with Crippen LogP contribution in [0.4, 0.5) is 13.2 Å². The molecule has 2 aliphatic carbocycles. The first kappa shape index (κ1) is 18.5. The molecule has 2 aromatic carbocycles. The summed E-state index contributed by atoms with van der Waals surface area (Å²) in [7, 11) is 0. The molecule has 1 N–H and O–H groups in total. The summed E-state index contributed by atoms with van der Waals surface area (Å²) >= 11 is 0. The fourth-order valence-electron chi connectivity index (χ4n) is 4.83. The number of halogens is 3. The molecule has 0 aromatic heterocycles. The lowest BCUT2D eigenvalue weighted by Crippen LogP contribution is -2.17. The van der Waals surface area contributed by atoms with Crippen molar-refractivity contribution in [2.24, 2.45) is 5.92 Å². The summed E-state index contributed by atoms with van der Waals surface area (Å²) in [5.74, 6) is -1.66. The molecule has 2 aromatic rings. The lowest BCUT2D eigenvalue weighted by atomic mass is 9.73. The molecule has 4 heteroatoms. The average Bonchev–Trinajstić information content (AvgIpc) is 2.65. The minimum atomic E-state index is -0.903. The molecule has 0 atom stereocenters. The maximum atomic E-state index is 14.9. The van der Waals surface area contributed by atoms with Gasteiger partial charge in [-0.3, -0.25) is 0 Å². The van der Waals surface area contributed by atoms with Crippen LogP contribution < -0.4 is 0 Å². The van der Waals surface area contributed by atoms with Crippen molar-refractivity contribution in [2.75, 3.05) is 6.61 Å². The largest absolute Gasteiger partial charge is 0.396 e. The summed E-state index contributed by atoms with van der Waals surface area (Å²) in [6, 6.07) is 5.35. The zero-order valence-corrected chi connectivity index (χ0v) is 15.6. The molecular formula is C23H25F3O. The Morgan fingerprint density at radius 2 is 1.63 bits per heavy atom. The molecule has 0 aliphatic heterocycles. The average molecular weight is 374 g/mol. The molecule has 0 amide bonds. The first-order valence-corrected chi connectivity index (χ1v) is 10.0. The number of rotatable bonds is 5. The van der Waals surface area contributed by atoms with Gasteiger partial charge in [0.15, 0.2) is 11.6 Å². The predicted octanol–water partition coefficient (Wildman–Crippen LogP) is 6.36. The van der Waals surface area contributed by atoms with Crippen molar-refractivity contribution < 1.29 is 18.3 Å². The highest BCUT2D eigenvalue weighted by molar-refractivity contribution is 6.03. The molecule has 1 fully saturated rings. The van der Waals surface area contributed by atoms with Crippen molar-refractivity contribution >= 4 is 0 Å². The number of hydrogen-bond donors (Lipinski definition) is 1. The first-order chi connectivity index (χ1) is 13.1. The molecule has 0 radical (unpaired) electrons. The maximum Gasteiger partial charge on any atom is 0.167 e. The van der Waals surface area contributed by atoms with Crippen molar-refractivity contribution in [1.29, 1.82) is 0 Å². The van der Waals surface area contributed by atoms with Crippen LogP contribution in [-0.2, 0) is 6.42 Å². The van der Waals surface area contributed by atoms with Crippen LogP contribution in [0.3, 0.4) is 0 Å². The zero-order valence-electron chi connectivity index (χ0n) is 15.6. The molecule has 27 heavy (non-hydrogen) atoms. The predicted molar refractivity (Wildman–Crippen MR) is 101 cm³/mol. The van der Waals surface area contributed by atoms with Gasteiger partial charge in [-0.25, -0.2) is 13.2 Å². The molecule has 2 aliphatic rings. The minimum absolute atomic E-state index is 0.00648. The van der Waals surface area contributed by atoms with E-state index >= 15 is 0 Å². The Morgan fingerprint density at radius 1 is 0.926 bits per heavy atom. The fourth-order valence-corrected chi connectivity index (χ4v) is 4.83. The molecule has 0 bridgehead atoms. The second kappa shape index (κ2) is 7.31. The van der Waals surface area contributed by atoms with Crippen LogP contribution in [0, 0.1) is 23.4 Å². The Hall–Kier alpha value is -1.81. The van der Waals surface area contributed by atoms with Crippen LogP contribution in [0.5, 0.6) is 0 Å². The Kier molecular flexibility index (Phi) is 5.02. The fraction of sp³-hybridized carbons (Fsp3) is 0.478. The van der Waals surface area contributed by atoms with Gasteiger partial charge in [-0.05, 0) is 78.7 Å². The molecule has 144 valence electrons. The smallest absolute Gasteiger partial charge is 0.167 e. The van der Waals surface area contributed by atoms with Crippen molar-refractivity contribution in [3.8, 4) is 22.3 Å². The first-order valence-electron chi connectivity index (χ1n) is 10.0. The normalized spacial score (nSPS) is 20.8. The Labute approximate surface area is 158 Å². The lowest BCUT2D eigenvalue weighted by molar-refractivity contribution is 0.221. The van der Waals surface area contributed by atoms with Crippen LogP contribution in [-0.4, -0.2) is 11.7 Å². The third-order valence-electron chi connectivity index (χ3n) is 6.34. The van der Waals surface area contributed by atoms with Crippen LogP contribution >= 0.6 is 0 Å². The summed E-state index contributed by atoms with van der Waals surface area (Å²) in [6.07, 6.45) is 5.63. The van der Waals surface area contributed by atoms with E-state index in [4.69, 9.17) is 5.11 Å². The van der Waals surface area contributed by atoms with E-state index in [1.165, 1.54) is 0 Å². The van der Waals surface area contributed by atoms with Gasteiger partial charge in [0.1, 0.15) is 5.82 Å². The minimum Gasteiger partial charge on any atom is -0.396 e. The highest BCUT2D eigenvalue weighted by atomic mass is 19.2. The maximum absolute atomic E-state index is 14.9. The van der Waals surface area contributed by atoms with Gasteiger partial charge in [-0.2, -0.15) is 0 Å². The van der Waals surface area contributed by atoms with Gasteiger partial charge in [-0.15, -0.1) is 0 Å². The zero-order chi connectivity index (χ0) is 19.1. The number of fused-ring (bicyclic) bond motifs is 4. The summed E-state index contributed by atoms with van der Waals surface area (Å²) in [5, 5.41) is 9.08. The molecule has 0 saturated heterocycles. The third-order valence-corrected chi connectivity index (χ3v) is 6.34. The van der Waals surface area contributed by atoms with Gasteiger partial charge in [0.05, 0.1) is 0 Å². The topological polar surface area (TPSA) is 20.2 Å². The molecular weight excluding hydrogens is 349 g/mol. The van der Waals surface area contributed by atoms with E-state index in [0.717, 1.165) is 38.5 Å². The van der Waals surface area contributed by atoms with E-state index in [0.29, 0.717) is 34.6 Å². The second-order valence-electron chi connectivity index (χ2n) is 7.96. The molecule has 1 saturated carbocycles. The highest BCUT2D eigenvalue weighted by Gasteiger charge is 2.35. The van der Waals surface area contributed by atoms with Gasteiger partial charge >= 0.3 is 0 Å². The molecule has 0 unspecified atom stereocenters. The monoisotopic (exact) mass is 374 g/mol. The Bertz CT molecular complexity index is 867. The van der Waals surface area contributed by atoms with Gasteiger partial charge in [0, 0.05) is 17.7 Å². The summed E-state index contributed by atoms with van der Waals surface area (Å²) in [6.45, 7) is 2.15. The van der Waals surface area contributed by atoms with Crippen molar-refractivity contribution in [3.05, 3.63) is 46.8 Å². The molecule has 4 rings (SSSR count). The summed E-state index contributed by atoms with van der Waals surface area (Å²) < 4.78 is 44.5. The lowest BCUT2D eigenvalue weighted by Gasteiger charge is -2.32. The number of aliphatic hydroxyl groups is 1. The molecule has 0 spiro atoms. The summed E-state index contributed by atoms with van der Waals surface area (Å²) in [4.78, 5) is 0. The van der Waals surface area contributed by atoms with E-state index in [2.05, 4.69) is 0 Å². The SMILES string of the molecule is CCCc1ccc2c(c1F)-c1c-2cc(C2CCC(CCO)CC2)c(F)c1F. The number of aryl methyl sites for hydroxylation is 1. The Balaban J connectivity index is 1.67. The van der Waals surface area contributed by atoms with Gasteiger partial charge < -0.3 is 5.11 Å². The van der Waals surface area contributed by atoms with Crippen molar-refractivity contribution in [2.45, 2.75) is 57.8 Å². The highest BCUT2D eigenvalue weighted by Crippen LogP contribution is 2.53. The molecule has 0 heterocycles.